The molecule has 1 aromatic rings. The minimum absolute atomic E-state index is 0.0528. The Kier molecular flexibility index (Phi) is 3.86. The van der Waals surface area contributed by atoms with Crippen molar-refractivity contribution in [1.29, 1.82) is 0 Å². The van der Waals surface area contributed by atoms with Gasteiger partial charge in [0, 0.05) is 13.0 Å². The van der Waals surface area contributed by atoms with Crippen molar-refractivity contribution in [3.05, 3.63) is 35.4 Å². The van der Waals surface area contributed by atoms with Crippen LogP contribution < -0.4 is 5.73 Å². The van der Waals surface area contributed by atoms with Crippen molar-refractivity contribution >= 4 is 0 Å². The van der Waals surface area contributed by atoms with Gasteiger partial charge in [-0.2, -0.15) is 0 Å². The molecule has 2 heteroatoms. The number of hydrogen-bond donors (Lipinski definition) is 1. The summed E-state index contributed by atoms with van der Waals surface area (Å²) in [6.45, 7) is 5.85. The van der Waals surface area contributed by atoms with E-state index >= 15 is 0 Å². The molecule has 1 rings (SSSR count). The molecule has 1 aromatic carbocycles. The Bertz CT molecular complexity index is 322. The normalized spacial score (nSPS) is 15.3. The second-order valence-corrected chi connectivity index (χ2v) is 4.56. The van der Waals surface area contributed by atoms with E-state index in [-0.39, 0.29) is 12.5 Å². The Morgan fingerprint density at radius 2 is 2.07 bits per heavy atom. The number of alkyl halides is 1. The molecule has 1 atom stereocenters. The van der Waals surface area contributed by atoms with E-state index in [1.165, 1.54) is 0 Å². The maximum absolute atomic E-state index is 14.3. The number of aryl methyl sites for hydroxylation is 1. The molecule has 1 unspecified atom stereocenters. The van der Waals surface area contributed by atoms with Crippen LogP contribution in [0.1, 0.15) is 25.0 Å². The predicted octanol–water partition coefficient (Wildman–Crippen LogP) is 2.86. The Morgan fingerprint density at radius 3 is 2.53 bits per heavy atom. The van der Waals surface area contributed by atoms with Crippen molar-refractivity contribution < 1.29 is 4.39 Å². The standard InChI is InChI=1S/C13H20FN/c1-10(2)13(14,9-15)8-12-6-4-5-11(3)7-12/h4-7,10H,8-9,15H2,1-3H3. The van der Waals surface area contributed by atoms with Crippen LogP contribution in [-0.4, -0.2) is 12.2 Å². The summed E-state index contributed by atoms with van der Waals surface area (Å²) in [5.74, 6) is -0.0528. The van der Waals surface area contributed by atoms with Crippen LogP contribution in [0, 0.1) is 12.8 Å². The van der Waals surface area contributed by atoms with Crippen molar-refractivity contribution in [3.8, 4) is 0 Å². The van der Waals surface area contributed by atoms with Gasteiger partial charge < -0.3 is 5.73 Å². The fraction of sp³-hybridized carbons (Fsp3) is 0.538. The highest BCUT2D eigenvalue weighted by molar-refractivity contribution is 5.24. The molecule has 0 heterocycles. The van der Waals surface area contributed by atoms with Gasteiger partial charge in [-0.05, 0) is 18.4 Å². The number of benzene rings is 1. The molecule has 0 bridgehead atoms. The first-order valence-electron chi connectivity index (χ1n) is 5.42. The number of hydrogen-bond acceptors (Lipinski definition) is 1. The summed E-state index contributed by atoms with van der Waals surface area (Å²) < 4.78 is 14.3. The van der Waals surface area contributed by atoms with Crippen molar-refractivity contribution in [1.82, 2.24) is 0 Å². The summed E-state index contributed by atoms with van der Waals surface area (Å²) in [7, 11) is 0. The highest BCUT2D eigenvalue weighted by Gasteiger charge is 2.32. The first-order chi connectivity index (χ1) is 6.98. The summed E-state index contributed by atoms with van der Waals surface area (Å²) >= 11 is 0. The zero-order chi connectivity index (χ0) is 11.5. The van der Waals surface area contributed by atoms with Crippen LogP contribution in [0.2, 0.25) is 0 Å². The molecule has 0 aromatic heterocycles. The van der Waals surface area contributed by atoms with Crippen LogP contribution >= 0.6 is 0 Å². The quantitative estimate of drug-likeness (QED) is 0.810. The van der Waals surface area contributed by atoms with Gasteiger partial charge in [-0.15, -0.1) is 0 Å². The summed E-state index contributed by atoms with van der Waals surface area (Å²) in [5.41, 5.74) is 6.42. The third-order valence-electron chi connectivity index (χ3n) is 2.95. The van der Waals surface area contributed by atoms with E-state index in [4.69, 9.17) is 5.73 Å². The largest absolute Gasteiger partial charge is 0.328 e. The molecule has 84 valence electrons. The molecule has 0 spiro atoms. The van der Waals surface area contributed by atoms with Gasteiger partial charge in [-0.3, -0.25) is 0 Å². The average molecular weight is 209 g/mol. The van der Waals surface area contributed by atoms with Crippen LogP contribution in [0.4, 0.5) is 4.39 Å². The smallest absolute Gasteiger partial charge is 0.129 e. The van der Waals surface area contributed by atoms with Crippen LogP contribution in [0.5, 0.6) is 0 Å². The van der Waals surface area contributed by atoms with Crippen LogP contribution in [0.25, 0.3) is 0 Å². The molecular weight excluding hydrogens is 189 g/mol. The van der Waals surface area contributed by atoms with Crippen molar-refractivity contribution in [3.63, 3.8) is 0 Å². The van der Waals surface area contributed by atoms with Crippen molar-refractivity contribution in [2.45, 2.75) is 32.9 Å². The van der Waals surface area contributed by atoms with Gasteiger partial charge in [0.25, 0.3) is 0 Å². The minimum atomic E-state index is -1.28. The van der Waals surface area contributed by atoms with Crippen LogP contribution in [-0.2, 0) is 6.42 Å². The van der Waals surface area contributed by atoms with Crippen molar-refractivity contribution in [2.75, 3.05) is 6.54 Å². The number of rotatable bonds is 4. The third-order valence-corrected chi connectivity index (χ3v) is 2.95. The van der Waals surface area contributed by atoms with Gasteiger partial charge in [-0.1, -0.05) is 43.7 Å². The molecule has 0 aliphatic carbocycles. The third kappa shape index (κ3) is 3.03. The molecule has 0 aliphatic rings. The summed E-state index contributed by atoms with van der Waals surface area (Å²) in [5, 5.41) is 0. The topological polar surface area (TPSA) is 26.0 Å². The second kappa shape index (κ2) is 4.75. The minimum Gasteiger partial charge on any atom is -0.328 e. The molecule has 1 nitrogen and oxygen atoms in total. The van der Waals surface area contributed by atoms with E-state index < -0.39 is 5.67 Å². The van der Waals surface area contributed by atoms with Gasteiger partial charge in [0.15, 0.2) is 0 Å². The molecule has 0 aliphatic heterocycles. The van der Waals surface area contributed by atoms with E-state index in [1.807, 2.05) is 45.0 Å². The summed E-state index contributed by atoms with van der Waals surface area (Å²) in [6.07, 6.45) is 0.406. The van der Waals surface area contributed by atoms with Crippen molar-refractivity contribution in [2.24, 2.45) is 11.7 Å². The first-order valence-corrected chi connectivity index (χ1v) is 5.42. The number of nitrogens with two attached hydrogens (primary N) is 1. The van der Waals surface area contributed by atoms with Gasteiger partial charge >= 0.3 is 0 Å². The molecule has 0 fully saturated rings. The van der Waals surface area contributed by atoms with E-state index in [2.05, 4.69) is 0 Å². The Hall–Kier alpha value is -0.890. The highest BCUT2D eigenvalue weighted by atomic mass is 19.1. The lowest BCUT2D eigenvalue weighted by atomic mass is 9.86. The summed E-state index contributed by atoms with van der Waals surface area (Å²) in [4.78, 5) is 0. The lowest BCUT2D eigenvalue weighted by molar-refractivity contribution is 0.110. The molecule has 2 N–H and O–H groups in total. The molecule has 0 amide bonds. The van der Waals surface area contributed by atoms with E-state index in [0.29, 0.717) is 6.42 Å². The monoisotopic (exact) mass is 209 g/mol. The lowest BCUT2D eigenvalue weighted by Gasteiger charge is -2.28. The maximum Gasteiger partial charge on any atom is 0.129 e. The SMILES string of the molecule is Cc1cccc(CC(F)(CN)C(C)C)c1. The Morgan fingerprint density at radius 1 is 1.40 bits per heavy atom. The van der Waals surface area contributed by atoms with Gasteiger partial charge in [0.05, 0.1) is 0 Å². The van der Waals surface area contributed by atoms with Gasteiger partial charge in [-0.25, -0.2) is 4.39 Å². The predicted molar refractivity (Wildman–Crippen MR) is 62.6 cm³/mol. The second-order valence-electron chi connectivity index (χ2n) is 4.56. The Balaban J connectivity index is 2.84. The summed E-state index contributed by atoms with van der Waals surface area (Å²) in [6, 6.07) is 7.95. The van der Waals surface area contributed by atoms with Gasteiger partial charge in [0.1, 0.15) is 5.67 Å². The maximum atomic E-state index is 14.3. The zero-order valence-corrected chi connectivity index (χ0v) is 9.76. The van der Waals surface area contributed by atoms with Gasteiger partial charge in [0.2, 0.25) is 0 Å². The lowest BCUT2D eigenvalue weighted by Crippen LogP contribution is -2.40. The first kappa shape index (κ1) is 12.2. The number of halogens is 1. The zero-order valence-electron chi connectivity index (χ0n) is 9.76. The Labute approximate surface area is 91.5 Å². The van der Waals surface area contributed by atoms with Crippen LogP contribution in [0.3, 0.4) is 0 Å². The van der Waals surface area contributed by atoms with E-state index in [0.717, 1.165) is 11.1 Å². The molecule has 15 heavy (non-hydrogen) atoms. The highest BCUT2D eigenvalue weighted by Crippen LogP contribution is 2.26. The molecule has 0 saturated heterocycles. The average Bonchev–Trinajstić information content (AvgIpc) is 2.17. The molecular formula is C13H20FN. The fourth-order valence-corrected chi connectivity index (χ4v) is 1.67. The van der Waals surface area contributed by atoms with E-state index in [9.17, 15) is 4.39 Å². The fourth-order valence-electron chi connectivity index (χ4n) is 1.67. The van der Waals surface area contributed by atoms with Crippen LogP contribution in [0.15, 0.2) is 24.3 Å². The molecule has 0 radical (unpaired) electrons. The molecule has 0 saturated carbocycles. The van der Waals surface area contributed by atoms with E-state index in [1.54, 1.807) is 0 Å².